The highest BCUT2D eigenvalue weighted by molar-refractivity contribution is 6.32. The zero-order valence-corrected chi connectivity index (χ0v) is 7.81. The lowest BCUT2D eigenvalue weighted by Gasteiger charge is -1.97. The second-order valence-corrected chi connectivity index (χ2v) is 2.29. The summed E-state index contributed by atoms with van der Waals surface area (Å²) in [5.41, 5.74) is 0.900. The van der Waals surface area contributed by atoms with Gasteiger partial charge in [0, 0.05) is 0 Å². The van der Waals surface area contributed by atoms with E-state index >= 15 is 0 Å². The third-order valence-electron chi connectivity index (χ3n) is 1.17. The van der Waals surface area contributed by atoms with Crippen molar-refractivity contribution in [3.63, 3.8) is 0 Å². The molecule has 0 spiro atoms. The molecule has 1 nitrogen and oxygen atoms in total. The summed E-state index contributed by atoms with van der Waals surface area (Å²) in [6, 6.07) is 5.17. The van der Waals surface area contributed by atoms with Gasteiger partial charge in [-0.25, -0.2) is 0 Å². The van der Waals surface area contributed by atoms with Gasteiger partial charge in [-0.05, 0) is 18.6 Å². The molecule has 1 aromatic rings. The molecule has 2 heteroatoms. The molecule has 1 rings (SSSR count). The van der Waals surface area contributed by atoms with Gasteiger partial charge in [0.15, 0.2) is 0 Å². The molecule has 62 valence electrons. The van der Waals surface area contributed by atoms with Crippen LogP contribution in [0.4, 0.5) is 0 Å². The molecule has 0 bridgehead atoms. The number of halogens is 1. The van der Waals surface area contributed by atoms with Crippen LogP contribution in [0.2, 0.25) is 5.02 Å². The van der Waals surface area contributed by atoms with E-state index in [1.807, 2.05) is 26.8 Å². The van der Waals surface area contributed by atoms with Crippen molar-refractivity contribution in [2.75, 3.05) is 0 Å². The lowest BCUT2D eigenvalue weighted by molar-refractivity contribution is 0.475. The van der Waals surface area contributed by atoms with Crippen LogP contribution in [-0.2, 0) is 0 Å². The molecule has 0 aliphatic carbocycles. The van der Waals surface area contributed by atoms with E-state index in [-0.39, 0.29) is 5.75 Å². The largest absolute Gasteiger partial charge is 0.506 e. The van der Waals surface area contributed by atoms with E-state index < -0.39 is 0 Å². The lowest BCUT2D eigenvalue weighted by Crippen LogP contribution is -1.72. The SMILES string of the molecule is CC.Cc1cccc(O)c1Cl. The van der Waals surface area contributed by atoms with Gasteiger partial charge >= 0.3 is 0 Å². The van der Waals surface area contributed by atoms with Crippen molar-refractivity contribution >= 4 is 11.6 Å². The first kappa shape index (κ1) is 10.3. The van der Waals surface area contributed by atoms with Gasteiger partial charge < -0.3 is 5.11 Å². The summed E-state index contributed by atoms with van der Waals surface area (Å²) in [7, 11) is 0. The first-order valence-electron chi connectivity index (χ1n) is 3.66. The molecule has 0 saturated heterocycles. The summed E-state index contributed by atoms with van der Waals surface area (Å²) in [6.45, 7) is 5.85. The Balaban J connectivity index is 0.000000461. The normalized spacial score (nSPS) is 8.36. The molecule has 0 fully saturated rings. The standard InChI is InChI=1S/C7H7ClO.C2H6/c1-5-3-2-4-6(9)7(5)8;1-2/h2-4,9H,1H3;1-2H3. The van der Waals surface area contributed by atoms with Crippen LogP contribution in [0.15, 0.2) is 18.2 Å². The minimum Gasteiger partial charge on any atom is -0.506 e. The van der Waals surface area contributed by atoms with Crippen LogP contribution in [0.25, 0.3) is 0 Å². The van der Waals surface area contributed by atoms with Crippen LogP contribution < -0.4 is 0 Å². The van der Waals surface area contributed by atoms with Gasteiger partial charge in [0.25, 0.3) is 0 Å². The van der Waals surface area contributed by atoms with Crippen LogP contribution in [0.3, 0.4) is 0 Å². The molecule has 0 amide bonds. The van der Waals surface area contributed by atoms with E-state index in [0.29, 0.717) is 5.02 Å². The Kier molecular flexibility index (Phi) is 4.71. The maximum absolute atomic E-state index is 8.97. The highest BCUT2D eigenvalue weighted by Crippen LogP contribution is 2.25. The zero-order chi connectivity index (χ0) is 8.85. The number of rotatable bonds is 0. The predicted molar refractivity (Wildman–Crippen MR) is 49.2 cm³/mol. The first-order chi connectivity index (χ1) is 5.22. The molecular weight excluding hydrogens is 160 g/mol. The highest BCUT2D eigenvalue weighted by atomic mass is 35.5. The van der Waals surface area contributed by atoms with Crippen molar-refractivity contribution in [3.05, 3.63) is 28.8 Å². The van der Waals surface area contributed by atoms with Gasteiger partial charge in [0.05, 0.1) is 5.02 Å². The second-order valence-electron chi connectivity index (χ2n) is 1.91. The maximum Gasteiger partial charge on any atom is 0.134 e. The van der Waals surface area contributed by atoms with Crippen molar-refractivity contribution in [2.45, 2.75) is 20.8 Å². The number of phenolic OH excluding ortho intramolecular Hbond substituents is 1. The van der Waals surface area contributed by atoms with Gasteiger partial charge in [-0.1, -0.05) is 37.6 Å². The first-order valence-corrected chi connectivity index (χ1v) is 4.03. The van der Waals surface area contributed by atoms with E-state index in [1.165, 1.54) is 0 Å². The number of benzene rings is 1. The fourth-order valence-corrected chi connectivity index (χ4v) is 0.758. The smallest absolute Gasteiger partial charge is 0.134 e. The van der Waals surface area contributed by atoms with Gasteiger partial charge in [0.2, 0.25) is 0 Å². The summed E-state index contributed by atoms with van der Waals surface area (Å²) in [5.74, 6) is 0.150. The number of hydrogen-bond donors (Lipinski definition) is 1. The van der Waals surface area contributed by atoms with Crippen molar-refractivity contribution in [1.82, 2.24) is 0 Å². The fourth-order valence-electron chi connectivity index (χ4n) is 0.632. The quantitative estimate of drug-likeness (QED) is 0.636. The predicted octanol–water partition coefficient (Wildman–Crippen LogP) is 3.38. The molecule has 0 aliphatic heterocycles. The van der Waals surface area contributed by atoms with Gasteiger partial charge in [0.1, 0.15) is 5.75 Å². The van der Waals surface area contributed by atoms with E-state index in [4.69, 9.17) is 16.7 Å². The third kappa shape index (κ3) is 2.81. The van der Waals surface area contributed by atoms with Crippen molar-refractivity contribution in [1.29, 1.82) is 0 Å². The van der Waals surface area contributed by atoms with Crippen molar-refractivity contribution < 1.29 is 5.11 Å². The van der Waals surface area contributed by atoms with Crippen molar-refractivity contribution in [3.8, 4) is 5.75 Å². The van der Waals surface area contributed by atoms with Crippen LogP contribution >= 0.6 is 11.6 Å². The average Bonchev–Trinajstić information content (AvgIpc) is 2.04. The Bertz CT molecular complexity index is 201. The number of aromatic hydroxyl groups is 1. The third-order valence-corrected chi connectivity index (χ3v) is 1.66. The monoisotopic (exact) mass is 172 g/mol. The maximum atomic E-state index is 8.97. The Hall–Kier alpha value is -0.690. The van der Waals surface area contributed by atoms with E-state index in [2.05, 4.69) is 0 Å². The highest BCUT2D eigenvalue weighted by Gasteiger charge is 1.97. The topological polar surface area (TPSA) is 20.2 Å². The zero-order valence-electron chi connectivity index (χ0n) is 7.06. The molecule has 0 saturated carbocycles. The van der Waals surface area contributed by atoms with Crippen LogP contribution in [0.5, 0.6) is 5.75 Å². The molecular formula is C9H13ClO. The molecule has 0 atom stereocenters. The van der Waals surface area contributed by atoms with Gasteiger partial charge in [-0.15, -0.1) is 0 Å². The number of hydrogen-bond acceptors (Lipinski definition) is 1. The van der Waals surface area contributed by atoms with Gasteiger partial charge in [-0.3, -0.25) is 0 Å². The summed E-state index contributed by atoms with van der Waals surface area (Å²) in [6.07, 6.45) is 0. The Labute approximate surface area is 72.6 Å². The minimum atomic E-state index is 0.150. The van der Waals surface area contributed by atoms with E-state index in [0.717, 1.165) is 5.56 Å². The molecule has 1 N–H and O–H groups in total. The summed E-state index contributed by atoms with van der Waals surface area (Å²) < 4.78 is 0. The molecule has 0 aromatic heterocycles. The Morgan fingerprint density at radius 1 is 1.27 bits per heavy atom. The number of aryl methyl sites for hydroxylation is 1. The van der Waals surface area contributed by atoms with Crippen LogP contribution in [-0.4, -0.2) is 5.11 Å². The molecule has 0 heterocycles. The van der Waals surface area contributed by atoms with Crippen LogP contribution in [0, 0.1) is 6.92 Å². The summed E-state index contributed by atoms with van der Waals surface area (Å²) in [4.78, 5) is 0. The Morgan fingerprint density at radius 3 is 2.18 bits per heavy atom. The summed E-state index contributed by atoms with van der Waals surface area (Å²) in [5, 5.41) is 9.41. The Morgan fingerprint density at radius 2 is 1.82 bits per heavy atom. The molecule has 11 heavy (non-hydrogen) atoms. The second kappa shape index (κ2) is 5.03. The summed E-state index contributed by atoms with van der Waals surface area (Å²) >= 11 is 5.63. The average molecular weight is 173 g/mol. The van der Waals surface area contributed by atoms with Gasteiger partial charge in [-0.2, -0.15) is 0 Å². The van der Waals surface area contributed by atoms with E-state index in [9.17, 15) is 0 Å². The van der Waals surface area contributed by atoms with Crippen LogP contribution in [0.1, 0.15) is 19.4 Å². The molecule has 1 aromatic carbocycles. The number of phenols is 1. The van der Waals surface area contributed by atoms with Crippen molar-refractivity contribution in [2.24, 2.45) is 0 Å². The fraction of sp³-hybridized carbons (Fsp3) is 0.333. The minimum absolute atomic E-state index is 0.150. The van der Waals surface area contributed by atoms with E-state index in [1.54, 1.807) is 12.1 Å². The lowest BCUT2D eigenvalue weighted by atomic mass is 10.2. The molecule has 0 unspecified atom stereocenters. The molecule has 0 radical (unpaired) electrons. The molecule has 0 aliphatic rings.